The lowest BCUT2D eigenvalue weighted by atomic mass is 9.92. The Labute approximate surface area is 204 Å². The number of anilines is 1. The predicted octanol–water partition coefficient (Wildman–Crippen LogP) is -0.255. The van der Waals surface area contributed by atoms with Gasteiger partial charge < -0.3 is 25.7 Å². The number of carbonyl (C=O) groups is 3. The highest BCUT2D eigenvalue weighted by molar-refractivity contribution is 8.01. The Balaban J connectivity index is 1.49. The van der Waals surface area contributed by atoms with Crippen LogP contribution < -0.4 is 11.1 Å². The van der Waals surface area contributed by atoms with Gasteiger partial charge in [-0.2, -0.15) is 0 Å². The number of thioether (sulfide) groups is 1. The molecule has 4 N–H and O–H groups in total. The first kappa shape index (κ1) is 23.5. The number of carboxylic acid groups (broad SMARTS) is 1. The molecule has 4 rings (SSSR count). The highest BCUT2D eigenvalue weighted by Crippen LogP contribution is 2.35. The van der Waals surface area contributed by atoms with Gasteiger partial charge in [0, 0.05) is 5.38 Å². The van der Waals surface area contributed by atoms with Crippen LogP contribution in [0.1, 0.15) is 5.69 Å². The Morgan fingerprint density at radius 1 is 1.50 bits per heavy atom. The number of β-lactam (4-membered cyclic amide) rings is 1. The molecule has 16 heteroatoms. The van der Waals surface area contributed by atoms with Gasteiger partial charge in [-0.05, 0) is 0 Å². The minimum absolute atomic E-state index is 0.0107. The maximum absolute atomic E-state index is 12.9. The molecule has 0 bridgehead atoms. The summed E-state index contributed by atoms with van der Waals surface area (Å²) in [5.74, 6) is -0.188. The fourth-order valence-electron chi connectivity index (χ4n) is 3.17. The van der Waals surface area contributed by atoms with Crippen LogP contribution in [0.25, 0.3) is 0 Å². The Hall–Kier alpha value is -3.68. The summed E-state index contributed by atoms with van der Waals surface area (Å²) in [6.07, 6.45) is 5.13. The predicted molar refractivity (Wildman–Crippen MR) is 122 cm³/mol. The van der Waals surface area contributed by atoms with Crippen molar-refractivity contribution in [1.29, 1.82) is 0 Å². The quantitative estimate of drug-likeness (QED) is 0.0987. The molecule has 2 aliphatic rings. The lowest BCUT2D eigenvalue weighted by Gasteiger charge is -2.49. The number of terminal acetylenes is 1. The Morgan fingerprint density at radius 2 is 2.32 bits per heavy atom. The number of aliphatic carboxylic acids is 1. The summed E-state index contributed by atoms with van der Waals surface area (Å²) < 4.78 is 6.29. The second-order valence-corrected chi connectivity index (χ2v) is 9.54. The lowest BCUT2D eigenvalue weighted by molar-refractivity contribution is -0.160. The van der Waals surface area contributed by atoms with Crippen molar-refractivity contribution in [2.45, 2.75) is 16.4 Å². The average Bonchev–Trinajstić information content (AvgIpc) is 3.49. The van der Waals surface area contributed by atoms with Gasteiger partial charge >= 0.3 is 5.97 Å². The van der Waals surface area contributed by atoms with E-state index in [1.54, 1.807) is 5.51 Å². The number of carboxylic acids is 1. The van der Waals surface area contributed by atoms with Crippen molar-refractivity contribution in [1.82, 2.24) is 25.4 Å². The summed E-state index contributed by atoms with van der Waals surface area (Å²) in [4.78, 5) is 47.7. The number of nitrogens with two attached hydrogens (primary N) is 1. The van der Waals surface area contributed by atoms with Crippen molar-refractivity contribution in [2.24, 2.45) is 5.16 Å². The van der Waals surface area contributed by atoms with Crippen LogP contribution in [0.3, 0.4) is 0 Å². The number of nitrogens with zero attached hydrogens (tertiary/aromatic N) is 5. The molecule has 0 spiro atoms. The van der Waals surface area contributed by atoms with E-state index in [0.29, 0.717) is 4.34 Å². The highest BCUT2D eigenvalue weighted by atomic mass is 32.2. The number of rotatable bonds is 9. The molecule has 34 heavy (non-hydrogen) atoms. The molecular weight excluding hydrogens is 506 g/mol. The number of aromatic nitrogens is 3. The molecule has 0 radical (unpaired) electrons. The first-order chi connectivity index (χ1) is 16.4. The van der Waals surface area contributed by atoms with Gasteiger partial charge in [-0.1, -0.05) is 34.2 Å². The molecule has 4 heterocycles. The average molecular weight is 522 g/mol. The standard InChI is InChI=1S/C18H15N7O6S3/c1-2-3-31-24-11(8-5-32-17(19)21-8)14(26)22-12-9-4-30-10(6-33-18-23-20-7-34-18)13(16(28)29)25(9)15(12)27/h1,5,7,9,12H,3-4,6H2,(H2,19,21)(H,22,26)(H,28,29)/b24-11-. The molecule has 2 aliphatic heterocycles. The monoisotopic (exact) mass is 521 g/mol. The fraction of sp³-hybridized carbons (Fsp3) is 0.278. The lowest BCUT2D eigenvalue weighted by Crippen LogP contribution is -2.73. The number of nitrogen functional groups attached to an aromatic ring is 1. The maximum Gasteiger partial charge on any atom is 0.356 e. The summed E-state index contributed by atoms with van der Waals surface area (Å²) >= 11 is 3.62. The minimum Gasteiger partial charge on any atom is -0.492 e. The van der Waals surface area contributed by atoms with Crippen LogP contribution in [0.15, 0.2) is 31.8 Å². The zero-order valence-corrected chi connectivity index (χ0v) is 19.5. The Bertz CT molecular complexity index is 1220. The van der Waals surface area contributed by atoms with Crippen LogP contribution in [-0.2, 0) is 24.0 Å². The molecule has 0 aromatic carbocycles. The maximum atomic E-state index is 12.9. The third kappa shape index (κ3) is 4.66. The number of hydrogen-bond donors (Lipinski definition) is 3. The van der Waals surface area contributed by atoms with Gasteiger partial charge in [0.2, 0.25) is 0 Å². The van der Waals surface area contributed by atoms with Gasteiger partial charge in [0.1, 0.15) is 35.7 Å². The van der Waals surface area contributed by atoms with Gasteiger partial charge in [-0.25, -0.2) is 9.78 Å². The summed E-state index contributed by atoms with van der Waals surface area (Å²) in [5, 5.41) is 25.3. The molecule has 2 unspecified atom stereocenters. The zero-order valence-electron chi connectivity index (χ0n) is 17.0. The topological polar surface area (TPSA) is 182 Å². The molecule has 1 fully saturated rings. The van der Waals surface area contributed by atoms with Crippen LogP contribution in [-0.4, -0.2) is 79.7 Å². The number of oxime groups is 1. The van der Waals surface area contributed by atoms with Crippen LogP contribution in [0, 0.1) is 12.3 Å². The smallest absolute Gasteiger partial charge is 0.356 e. The number of amides is 2. The van der Waals surface area contributed by atoms with Crippen molar-refractivity contribution in [3.63, 3.8) is 0 Å². The van der Waals surface area contributed by atoms with E-state index in [9.17, 15) is 19.5 Å². The SMILES string of the molecule is C#CCO/N=C(\C(=O)NC1C(=O)N2C(C(=O)O)=C(CSc3nncs3)OCC12)c1csc(N)n1. The van der Waals surface area contributed by atoms with Gasteiger partial charge in [0.15, 0.2) is 27.5 Å². The molecule has 2 amide bonds. The first-order valence-electron chi connectivity index (χ1n) is 9.37. The fourth-order valence-corrected chi connectivity index (χ4v) is 5.15. The Morgan fingerprint density at radius 3 is 2.97 bits per heavy atom. The Kier molecular flexibility index (Phi) is 6.95. The van der Waals surface area contributed by atoms with Crippen LogP contribution in [0.5, 0.6) is 0 Å². The van der Waals surface area contributed by atoms with E-state index in [-0.39, 0.29) is 47.0 Å². The minimum atomic E-state index is -1.32. The molecular formula is C18H15N7O6S3. The molecule has 1 saturated heterocycles. The summed E-state index contributed by atoms with van der Waals surface area (Å²) in [5.41, 5.74) is 6.82. The number of nitrogens with one attached hydrogen (secondary N) is 1. The van der Waals surface area contributed by atoms with Crippen molar-refractivity contribution >= 4 is 63.1 Å². The van der Waals surface area contributed by atoms with Crippen LogP contribution >= 0.6 is 34.4 Å². The van der Waals surface area contributed by atoms with E-state index in [4.69, 9.17) is 21.7 Å². The van der Waals surface area contributed by atoms with Crippen molar-refractivity contribution in [3.8, 4) is 12.3 Å². The highest BCUT2D eigenvalue weighted by Gasteiger charge is 2.55. The molecule has 13 nitrogen and oxygen atoms in total. The van der Waals surface area contributed by atoms with Crippen molar-refractivity contribution in [2.75, 3.05) is 24.7 Å². The van der Waals surface area contributed by atoms with E-state index in [2.05, 4.69) is 31.6 Å². The largest absolute Gasteiger partial charge is 0.492 e. The van der Waals surface area contributed by atoms with Gasteiger partial charge in [0.25, 0.3) is 11.8 Å². The number of hydrogen-bond acceptors (Lipinski definition) is 13. The second kappa shape index (κ2) is 10.1. The van der Waals surface area contributed by atoms with E-state index in [1.807, 2.05) is 0 Å². The zero-order chi connectivity index (χ0) is 24.2. The van der Waals surface area contributed by atoms with Gasteiger partial charge in [-0.3, -0.25) is 14.5 Å². The van der Waals surface area contributed by atoms with E-state index < -0.39 is 29.9 Å². The molecule has 2 aromatic heterocycles. The van der Waals surface area contributed by atoms with E-state index in [0.717, 1.165) is 16.2 Å². The summed E-state index contributed by atoms with van der Waals surface area (Å²) in [6.45, 7) is -0.198. The number of fused-ring (bicyclic) bond motifs is 1. The molecule has 2 atom stereocenters. The molecule has 0 aliphatic carbocycles. The first-order valence-corrected chi connectivity index (χ1v) is 12.1. The van der Waals surface area contributed by atoms with Gasteiger partial charge in [0.05, 0.1) is 5.75 Å². The normalized spacial score (nSPS) is 19.6. The molecule has 176 valence electrons. The molecule has 0 saturated carbocycles. The van der Waals surface area contributed by atoms with E-state index >= 15 is 0 Å². The number of thiazole rings is 1. The van der Waals surface area contributed by atoms with Crippen molar-refractivity contribution < 1.29 is 29.1 Å². The third-order valence-electron chi connectivity index (χ3n) is 4.59. The molecule has 2 aromatic rings. The third-order valence-corrected chi connectivity index (χ3v) is 7.13. The second-order valence-electron chi connectivity index (χ2n) is 6.60. The summed E-state index contributed by atoms with van der Waals surface area (Å²) in [6, 6.07) is -1.75. The van der Waals surface area contributed by atoms with Crippen molar-refractivity contribution in [3.05, 3.63) is 28.0 Å². The number of ether oxygens (including phenoxy) is 1. The van der Waals surface area contributed by atoms with Crippen LogP contribution in [0.2, 0.25) is 0 Å². The number of carbonyl (C=O) groups excluding carboxylic acids is 2. The van der Waals surface area contributed by atoms with Crippen LogP contribution in [0.4, 0.5) is 5.13 Å². The van der Waals surface area contributed by atoms with E-state index in [1.165, 1.54) is 28.5 Å². The van der Waals surface area contributed by atoms with Gasteiger partial charge in [-0.15, -0.1) is 28.0 Å². The summed E-state index contributed by atoms with van der Waals surface area (Å²) in [7, 11) is 0.